The summed E-state index contributed by atoms with van der Waals surface area (Å²) in [6, 6.07) is 21.5. The van der Waals surface area contributed by atoms with Crippen molar-refractivity contribution in [1.29, 1.82) is 0 Å². The van der Waals surface area contributed by atoms with Crippen LogP contribution in [-0.2, 0) is 10.8 Å². The summed E-state index contributed by atoms with van der Waals surface area (Å²) < 4.78 is 0. The molecule has 2 aromatic rings. The molecule has 0 saturated heterocycles. The Balaban J connectivity index is 2.14. The van der Waals surface area contributed by atoms with E-state index in [0.717, 1.165) is 11.6 Å². The van der Waals surface area contributed by atoms with Gasteiger partial charge >= 0.3 is 5.97 Å². The monoisotopic (exact) mass is 324 g/mol. The van der Waals surface area contributed by atoms with Crippen LogP contribution in [0.1, 0.15) is 23.5 Å². The van der Waals surface area contributed by atoms with Crippen LogP contribution in [0.5, 0.6) is 0 Å². The standard InChI is InChI=1S/C20H24O2Si/c1-23(2,16-17-9-5-3-6-10-17)14-13-19(15-20(21)22)18-11-7-4-8-12-18/h3-14,19H,15-16H2,1-2H3,(H,21,22)/b14-13+. The molecule has 0 aromatic heterocycles. The summed E-state index contributed by atoms with van der Waals surface area (Å²) in [5, 5.41) is 9.19. The average Bonchev–Trinajstić information content (AvgIpc) is 2.52. The summed E-state index contributed by atoms with van der Waals surface area (Å²) in [4.78, 5) is 11.2. The third-order valence-electron chi connectivity index (χ3n) is 3.90. The van der Waals surface area contributed by atoms with Gasteiger partial charge in [-0.05, 0) is 11.6 Å². The summed E-state index contributed by atoms with van der Waals surface area (Å²) in [5.41, 5.74) is 4.71. The number of rotatable bonds is 7. The van der Waals surface area contributed by atoms with Crippen LogP contribution < -0.4 is 0 Å². The Morgan fingerprint density at radius 3 is 2.17 bits per heavy atom. The second-order valence-corrected chi connectivity index (χ2v) is 11.3. The van der Waals surface area contributed by atoms with Crippen LogP contribution in [0.15, 0.2) is 72.4 Å². The molecule has 23 heavy (non-hydrogen) atoms. The Morgan fingerprint density at radius 1 is 1.04 bits per heavy atom. The predicted molar refractivity (Wildman–Crippen MR) is 98.2 cm³/mol. The van der Waals surface area contributed by atoms with Crippen molar-refractivity contribution < 1.29 is 9.90 Å². The highest BCUT2D eigenvalue weighted by Gasteiger charge is 2.19. The van der Waals surface area contributed by atoms with Crippen LogP contribution in [0.3, 0.4) is 0 Å². The van der Waals surface area contributed by atoms with Gasteiger partial charge in [-0.1, -0.05) is 91.1 Å². The van der Waals surface area contributed by atoms with E-state index >= 15 is 0 Å². The molecule has 2 aromatic carbocycles. The molecule has 0 bridgehead atoms. The van der Waals surface area contributed by atoms with Crippen LogP contribution in [0.2, 0.25) is 13.1 Å². The molecule has 1 N–H and O–H groups in total. The topological polar surface area (TPSA) is 37.3 Å². The fourth-order valence-electron chi connectivity index (χ4n) is 2.74. The van der Waals surface area contributed by atoms with E-state index in [1.165, 1.54) is 5.56 Å². The molecule has 0 spiro atoms. The minimum absolute atomic E-state index is 0.0590. The molecule has 0 fully saturated rings. The first-order chi connectivity index (χ1) is 11.0. The summed E-state index contributed by atoms with van der Waals surface area (Å²) in [7, 11) is -1.56. The fourth-order valence-corrected chi connectivity index (χ4v) is 4.90. The van der Waals surface area contributed by atoms with Crippen molar-refractivity contribution in [1.82, 2.24) is 0 Å². The van der Waals surface area contributed by atoms with Crippen molar-refractivity contribution in [2.45, 2.75) is 31.5 Å². The average molecular weight is 324 g/mol. The molecule has 0 aliphatic rings. The van der Waals surface area contributed by atoms with Gasteiger partial charge in [0.15, 0.2) is 0 Å². The number of carboxylic acid groups (broad SMARTS) is 1. The van der Waals surface area contributed by atoms with Gasteiger partial charge in [0.1, 0.15) is 0 Å². The Kier molecular flexibility index (Phi) is 5.94. The van der Waals surface area contributed by atoms with Gasteiger partial charge in [-0.15, -0.1) is 0 Å². The van der Waals surface area contributed by atoms with Crippen LogP contribution in [0.25, 0.3) is 0 Å². The van der Waals surface area contributed by atoms with Crippen LogP contribution in [0, 0.1) is 0 Å². The largest absolute Gasteiger partial charge is 0.481 e. The third-order valence-corrected chi connectivity index (χ3v) is 6.32. The van der Waals surface area contributed by atoms with E-state index < -0.39 is 14.0 Å². The van der Waals surface area contributed by atoms with Crippen molar-refractivity contribution in [3.05, 3.63) is 83.6 Å². The second kappa shape index (κ2) is 7.93. The molecule has 0 saturated carbocycles. The Labute approximate surface area is 139 Å². The quantitative estimate of drug-likeness (QED) is 0.741. The van der Waals surface area contributed by atoms with E-state index in [4.69, 9.17) is 0 Å². The molecule has 0 aliphatic carbocycles. The third kappa shape index (κ3) is 5.87. The summed E-state index contributed by atoms with van der Waals surface area (Å²) in [6.45, 7) is 4.64. The van der Waals surface area contributed by atoms with Gasteiger partial charge in [0.05, 0.1) is 14.5 Å². The maximum atomic E-state index is 11.2. The first-order valence-corrected chi connectivity index (χ1v) is 11.2. The van der Waals surface area contributed by atoms with E-state index in [9.17, 15) is 9.90 Å². The van der Waals surface area contributed by atoms with Gasteiger partial charge in [-0.25, -0.2) is 0 Å². The van der Waals surface area contributed by atoms with Crippen LogP contribution in [-0.4, -0.2) is 19.1 Å². The fraction of sp³-hybridized carbons (Fsp3) is 0.250. The van der Waals surface area contributed by atoms with E-state index in [-0.39, 0.29) is 12.3 Å². The lowest BCUT2D eigenvalue weighted by atomic mass is 9.96. The summed E-state index contributed by atoms with van der Waals surface area (Å²) in [6.07, 6.45) is 2.24. The zero-order valence-electron chi connectivity index (χ0n) is 13.8. The number of carbonyl (C=O) groups is 1. The molecule has 0 radical (unpaired) electrons. The van der Waals surface area contributed by atoms with Crippen LogP contribution >= 0.6 is 0 Å². The van der Waals surface area contributed by atoms with Crippen molar-refractivity contribution in [2.24, 2.45) is 0 Å². The highest BCUT2D eigenvalue weighted by Crippen LogP contribution is 2.23. The summed E-state index contributed by atoms with van der Waals surface area (Å²) >= 11 is 0. The lowest BCUT2D eigenvalue weighted by Gasteiger charge is -2.19. The molecule has 2 rings (SSSR count). The molecule has 0 amide bonds. The molecule has 1 unspecified atom stereocenters. The number of benzene rings is 2. The number of carboxylic acids is 1. The van der Waals surface area contributed by atoms with Crippen molar-refractivity contribution in [2.75, 3.05) is 0 Å². The highest BCUT2D eigenvalue weighted by molar-refractivity contribution is 6.81. The van der Waals surface area contributed by atoms with Gasteiger partial charge in [0, 0.05) is 5.92 Å². The summed E-state index contributed by atoms with van der Waals surface area (Å²) in [5.74, 6) is -0.817. The zero-order chi connectivity index (χ0) is 16.7. The minimum atomic E-state index is -1.56. The lowest BCUT2D eigenvalue weighted by molar-refractivity contribution is -0.137. The maximum Gasteiger partial charge on any atom is 0.304 e. The molecule has 3 heteroatoms. The highest BCUT2D eigenvalue weighted by atomic mass is 28.3. The van der Waals surface area contributed by atoms with Gasteiger partial charge < -0.3 is 5.11 Å². The molecule has 2 nitrogen and oxygen atoms in total. The van der Waals surface area contributed by atoms with Crippen molar-refractivity contribution >= 4 is 14.0 Å². The predicted octanol–water partition coefficient (Wildman–Crippen LogP) is 4.83. The number of allylic oxidation sites excluding steroid dienone is 1. The van der Waals surface area contributed by atoms with Crippen molar-refractivity contribution in [3.8, 4) is 0 Å². The van der Waals surface area contributed by atoms with Crippen molar-refractivity contribution in [3.63, 3.8) is 0 Å². The Morgan fingerprint density at radius 2 is 1.61 bits per heavy atom. The first-order valence-electron chi connectivity index (χ1n) is 7.96. The van der Waals surface area contributed by atoms with Gasteiger partial charge in [0.2, 0.25) is 0 Å². The van der Waals surface area contributed by atoms with Crippen LogP contribution in [0.4, 0.5) is 0 Å². The van der Waals surface area contributed by atoms with Gasteiger partial charge in [-0.2, -0.15) is 0 Å². The lowest BCUT2D eigenvalue weighted by Crippen LogP contribution is -2.27. The van der Waals surface area contributed by atoms with E-state index in [1.54, 1.807) is 0 Å². The van der Waals surface area contributed by atoms with E-state index in [1.807, 2.05) is 36.4 Å². The van der Waals surface area contributed by atoms with Gasteiger partial charge in [-0.3, -0.25) is 4.79 Å². The molecule has 120 valence electrons. The van der Waals surface area contributed by atoms with E-state index in [0.29, 0.717) is 0 Å². The minimum Gasteiger partial charge on any atom is -0.481 e. The molecule has 0 heterocycles. The Bertz CT molecular complexity index is 648. The smallest absolute Gasteiger partial charge is 0.304 e. The SMILES string of the molecule is C[Si](C)(/C=C/C(CC(=O)O)c1ccccc1)Cc1ccccc1. The molecule has 1 atom stereocenters. The molecular weight excluding hydrogens is 300 g/mol. The maximum absolute atomic E-state index is 11.2. The van der Waals surface area contributed by atoms with Gasteiger partial charge in [0.25, 0.3) is 0 Å². The number of hydrogen-bond donors (Lipinski definition) is 1. The number of hydrogen-bond acceptors (Lipinski definition) is 1. The number of aliphatic carboxylic acids is 1. The molecular formula is C20H24O2Si. The normalized spacial score (nSPS) is 13.1. The Hall–Kier alpha value is -2.13. The molecule has 0 aliphatic heterocycles. The second-order valence-electron chi connectivity index (χ2n) is 6.63. The first kappa shape index (κ1) is 17.2. The zero-order valence-corrected chi connectivity index (χ0v) is 14.8. The van der Waals surface area contributed by atoms with E-state index in [2.05, 4.69) is 49.1 Å².